The van der Waals surface area contributed by atoms with Gasteiger partial charge in [-0.05, 0) is 12.1 Å². The van der Waals surface area contributed by atoms with Crippen LogP contribution in [0.1, 0.15) is 10.4 Å². The van der Waals surface area contributed by atoms with Crippen LogP contribution in [0.25, 0.3) is 10.9 Å². The first-order valence-electron chi connectivity index (χ1n) is 9.09. The molecule has 1 saturated heterocycles. The summed E-state index contributed by atoms with van der Waals surface area (Å²) in [6, 6.07) is 6.78. The Morgan fingerprint density at radius 3 is 2.62 bits per heavy atom. The first kappa shape index (κ1) is 21.0. The fraction of sp³-hybridized carbons (Fsp3) is 0.389. The molecule has 2 heterocycles. The van der Waals surface area contributed by atoms with Crippen LogP contribution in [0.15, 0.2) is 35.3 Å². The van der Waals surface area contributed by atoms with E-state index in [2.05, 4.69) is 15.6 Å². The molecule has 1 aliphatic heterocycles. The molecular formula is C18H22N4O6S. The predicted molar refractivity (Wildman–Crippen MR) is 106 cm³/mol. The standard InChI is InChI=1S/C18H22N4O6S/c23-16(19-5-10-29(26,27)22-6-8-28-9-7-22)12-21-18(25)14-11-20-15-4-2-1-3-13(15)17(14)24/h1-4,11H,5-10,12H2,(H,19,23)(H,20,24)(H,21,25). The van der Waals surface area contributed by atoms with E-state index in [1.807, 2.05) is 0 Å². The normalized spacial score (nSPS) is 15.2. The van der Waals surface area contributed by atoms with E-state index in [9.17, 15) is 22.8 Å². The number of para-hydroxylation sites is 1. The largest absolute Gasteiger partial charge is 0.379 e. The molecule has 0 unspecified atom stereocenters. The molecule has 156 valence electrons. The highest BCUT2D eigenvalue weighted by Crippen LogP contribution is 2.07. The van der Waals surface area contributed by atoms with Gasteiger partial charge in [-0.15, -0.1) is 0 Å². The molecule has 0 aliphatic carbocycles. The first-order chi connectivity index (χ1) is 13.9. The van der Waals surface area contributed by atoms with Crippen LogP contribution in [0.5, 0.6) is 0 Å². The lowest BCUT2D eigenvalue weighted by atomic mass is 10.1. The number of pyridine rings is 1. The zero-order chi connectivity index (χ0) is 20.9. The van der Waals surface area contributed by atoms with Crippen LogP contribution < -0.4 is 16.1 Å². The van der Waals surface area contributed by atoms with Gasteiger partial charge in [0.25, 0.3) is 5.91 Å². The molecule has 2 aromatic rings. The van der Waals surface area contributed by atoms with Crippen molar-refractivity contribution in [1.29, 1.82) is 0 Å². The van der Waals surface area contributed by atoms with Crippen molar-refractivity contribution in [2.24, 2.45) is 0 Å². The average molecular weight is 422 g/mol. The Morgan fingerprint density at radius 1 is 1.14 bits per heavy atom. The van der Waals surface area contributed by atoms with Crippen LogP contribution in [-0.2, 0) is 19.6 Å². The molecule has 0 saturated carbocycles. The zero-order valence-corrected chi connectivity index (χ0v) is 16.5. The number of rotatable bonds is 7. The molecule has 3 rings (SSSR count). The number of amides is 2. The number of carbonyl (C=O) groups excluding carboxylic acids is 2. The smallest absolute Gasteiger partial charge is 0.257 e. The van der Waals surface area contributed by atoms with Gasteiger partial charge in [-0.25, -0.2) is 8.42 Å². The molecule has 11 heteroatoms. The van der Waals surface area contributed by atoms with Crippen molar-refractivity contribution in [2.75, 3.05) is 45.1 Å². The molecule has 0 atom stereocenters. The quantitative estimate of drug-likeness (QED) is 0.525. The average Bonchev–Trinajstić information content (AvgIpc) is 2.73. The Balaban J connectivity index is 1.49. The van der Waals surface area contributed by atoms with E-state index in [0.717, 1.165) is 0 Å². The Bertz CT molecular complexity index is 1060. The maximum absolute atomic E-state index is 12.4. The number of morpholine rings is 1. The van der Waals surface area contributed by atoms with Crippen molar-refractivity contribution in [3.05, 3.63) is 46.2 Å². The van der Waals surface area contributed by atoms with Crippen molar-refractivity contribution in [1.82, 2.24) is 19.9 Å². The highest BCUT2D eigenvalue weighted by molar-refractivity contribution is 7.89. The summed E-state index contributed by atoms with van der Waals surface area (Å²) in [6.07, 6.45) is 1.30. The van der Waals surface area contributed by atoms with Gasteiger partial charge in [-0.3, -0.25) is 14.4 Å². The zero-order valence-electron chi connectivity index (χ0n) is 15.6. The summed E-state index contributed by atoms with van der Waals surface area (Å²) in [5.41, 5.74) is 0.0635. The molecule has 3 N–H and O–H groups in total. The number of nitrogens with one attached hydrogen (secondary N) is 3. The summed E-state index contributed by atoms with van der Waals surface area (Å²) in [5, 5.41) is 5.19. The second-order valence-corrected chi connectivity index (χ2v) is 8.53. The second-order valence-electron chi connectivity index (χ2n) is 6.44. The van der Waals surface area contributed by atoms with Gasteiger partial charge in [0.15, 0.2) is 0 Å². The molecule has 1 fully saturated rings. The van der Waals surface area contributed by atoms with Gasteiger partial charge >= 0.3 is 0 Å². The fourth-order valence-electron chi connectivity index (χ4n) is 2.93. The number of nitrogens with zero attached hydrogens (tertiary/aromatic N) is 1. The number of benzene rings is 1. The molecule has 0 spiro atoms. The molecule has 0 radical (unpaired) electrons. The molecule has 10 nitrogen and oxygen atoms in total. The molecule has 0 bridgehead atoms. The molecular weight excluding hydrogens is 400 g/mol. The molecule has 1 aliphatic rings. The maximum atomic E-state index is 12.4. The van der Waals surface area contributed by atoms with Gasteiger partial charge in [0.05, 0.1) is 25.5 Å². The summed E-state index contributed by atoms with van der Waals surface area (Å²) < 4.78 is 30.8. The van der Waals surface area contributed by atoms with E-state index in [0.29, 0.717) is 37.2 Å². The second kappa shape index (κ2) is 9.16. The van der Waals surface area contributed by atoms with E-state index in [1.165, 1.54) is 10.5 Å². The number of hydrogen-bond donors (Lipinski definition) is 3. The number of H-pyrrole nitrogens is 1. The first-order valence-corrected chi connectivity index (χ1v) is 10.7. The third-order valence-corrected chi connectivity index (χ3v) is 6.36. The monoisotopic (exact) mass is 422 g/mol. The third-order valence-electron chi connectivity index (χ3n) is 4.49. The summed E-state index contributed by atoms with van der Waals surface area (Å²) >= 11 is 0. The van der Waals surface area contributed by atoms with Gasteiger partial charge < -0.3 is 20.4 Å². The Morgan fingerprint density at radius 2 is 1.86 bits per heavy atom. The molecule has 2 amide bonds. The van der Waals surface area contributed by atoms with E-state index in [1.54, 1.807) is 24.3 Å². The number of hydrogen-bond acceptors (Lipinski definition) is 6. The molecule has 29 heavy (non-hydrogen) atoms. The lowest BCUT2D eigenvalue weighted by molar-refractivity contribution is -0.120. The number of aromatic nitrogens is 1. The molecule has 1 aromatic carbocycles. The van der Waals surface area contributed by atoms with E-state index < -0.39 is 27.3 Å². The highest BCUT2D eigenvalue weighted by Gasteiger charge is 2.24. The number of fused-ring (bicyclic) bond motifs is 1. The summed E-state index contributed by atoms with van der Waals surface area (Å²) in [7, 11) is -3.47. The van der Waals surface area contributed by atoms with Crippen molar-refractivity contribution in [3.63, 3.8) is 0 Å². The minimum absolute atomic E-state index is 0.0784. The SMILES string of the molecule is O=C(CNC(=O)c1c[nH]c2ccccc2c1=O)NCCS(=O)(=O)N1CCOCC1. The number of sulfonamides is 1. The predicted octanol–water partition coefficient (Wildman–Crippen LogP) is -0.964. The number of carbonyl (C=O) groups is 2. The van der Waals surface area contributed by atoms with Crippen molar-refractivity contribution >= 4 is 32.7 Å². The van der Waals surface area contributed by atoms with Gasteiger partial charge in [0.1, 0.15) is 5.56 Å². The summed E-state index contributed by atoms with van der Waals surface area (Å²) in [4.78, 5) is 39.4. The lowest BCUT2D eigenvalue weighted by Crippen LogP contribution is -2.45. The van der Waals surface area contributed by atoms with E-state index in [-0.39, 0.29) is 24.4 Å². The lowest BCUT2D eigenvalue weighted by Gasteiger charge is -2.26. The van der Waals surface area contributed by atoms with Gasteiger partial charge in [-0.2, -0.15) is 4.31 Å². The van der Waals surface area contributed by atoms with Gasteiger partial charge in [0, 0.05) is 36.7 Å². The van der Waals surface area contributed by atoms with Crippen molar-refractivity contribution in [2.45, 2.75) is 0 Å². The fourth-order valence-corrected chi connectivity index (χ4v) is 4.25. The Kier molecular flexibility index (Phi) is 6.62. The van der Waals surface area contributed by atoms with Crippen LogP contribution in [0.2, 0.25) is 0 Å². The van der Waals surface area contributed by atoms with Gasteiger partial charge in [0.2, 0.25) is 21.4 Å². The van der Waals surface area contributed by atoms with Crippen molar-refractivity contribution < 1.29 is 22.7 Å². The van der Waals surface area contributed by atoms with Crippen LogP contribution >= 0.6 is 0 Å². The molecule has 1 aromatic heterocycles. The van der Waals surface area contributed by atoms with Crippen LogP contribution in [0, 0.1) is 0 Å². The topological polar surface area (TPSA) is 138 Å². The minimum Gasteiger partial charge on any atom is -0.379 e. The van der Waals surface area contributed by atoms with E-state index in [4.69, 9.17) is 4.74 Å². The van der Waals surface area contributed by atoms with Crippen molar-refractivity contribution in [3.8, 4) is 0 Å². The van der Waals surface area contributed by atoms with Gasteiger partial charge in [-0.1, -0.05) is 12.1 Å². The van der Waals surface area contributed by atoms with Crippen LogP contribution in [0.3, 0.4) is 0 Å². The maximum Gasteiger partial charge on any atom is 0.257 e. The Labute approximate surface area is 167 Å². The number of aromatic amines is 1. The number of ether oxygens (including phenoxy) is 1. The highest BCUT2D eigenvalue weighted by atomic mass is 32.2. The summed E-state index contributed by atoms with van der Waals surface area (Å²) in [6.45, 7) is 0.851. The van der Waals surface area contributed by atoms with E-state index >= 15 is 0 Å². The van der Waals surface area contributed by atoms with Crippen LogP contribution in [-0.4, -0.2) is 74.7 Å². The minimum atomic E-state index is -3.47. The third kappa shape index (κ3) is 5.19. The van der Waals surface area contributed by atoms with Crippen LogP contribution in [0.4, 0.5) is 0 Å². The summed E-state index contributed by atoms with van der Waals surface area (Å²) in [5.74, 6) is -1.47. The Hall–Kier alpha value is -2.76.